The van der Waals surface area contributed by atoms with Gasteiger partial charge in [-0.3, -0.25) is 0 Å². The summed E-state index contributed by atoms with van der Waals surface area (Å²) in [5.41, 5.74) is 7.04. The summed E-state index contributed by atoms with van der Waals surface area (Å²) < 4.78 is 10.7. The molecule has 0 heterocycles. The lowest BCUT2D eigenvalue weighted by Gasteiger charge is -2.21. The van der Waals surface area contributed by atoms with Crippen molar-refractivity contribution in [3.8, 4) is 0 Å². The van der Waals surface area contributed by atoms with E-state index in [1.165, 1.54) is 5.57 Å². The Morgan fingerprint density at radius 3 is 2.00 bits per heavy atom. The van der Waals surface area contributed by atoms with Crippen molar-refractivity contribution in [1.29, 1.82) is 0 Å². The molecule has 0 saturated heterocycles. The van der Waals surface area contributed by atoms with Gasteiger partial charge in [0.15, 0.2) is 6.29 Å². The third-order valence-electron chi connectivity index (χ3n) is 1.50. The lowest BCUT2D eigenvalue weighted by molar-refractivity contribution is -0.141. The van der Waals surface area contributed by atoms with Crippen molar-refractivity contribution >= 4 is 0 Å². The molecular formula is C10H21NO2. The minimum Gasteiger partial charge on any atom is -0.351 e. The molecule has 13 heavy (non-hydrogen) atoms. The van der Waals surface area contributed by atoms with Gasteiger partial charge in [0.2, 0.25) is 0 Å². The monoisotopic (exact) mass is 187 g/mol. The van der Waals surface area contributed by atoms with Crippen LogP contribution in [0.15, 0.2) is 11.6 Å². The van der Waals surface area contributed by atoms with Gasteiger partial charge in [0.25, 0.3) is 0 Å². The third-order valence-corrected chi connectivity index (χ3v) is 1.50. The van der Waals surface area contributed by atoms with Crippen LogP contribution in [0.1, 0.15) is 27.7 Å². The average molecular weight is 187 g/mol. The van der Waals surface area contributed by atoms with Crippen molar-refractivity contribution < 1.29 is 9.47 Å². The van der Waals surface area contributed by atoms with Crippen LogP contribution in [0.25, 0.3) is 0 Å². The molecule has 0 aromatic rings. The molecular weight excluding hydrogens is 166 g/mol. The van der Waals surface area contributed by atoms with E-state index in [9.17, 15) is 0 Å². The summed E-state index contributed by atoms with van der Waals surface area (Å²) >= 11 is 0. The molecule has 78 valence electrons. The van der Waals surface area contributed by atoms with E-state index < -0.39 is 0 Å². The van der Waals surface area contributed by atoms with E-state index in [2.05, 4.69) is 0 Å². The van der Waals surface area contributed by atoms with E-state index in [1.54, 1.807) is 0 Å². The maximum absolute atomic E-state index is 5.86. The Morgan fingerprint density at radius 2 is 1.69 bits per heavy atom. The van der Waals surface area contributed by atoms with Gasteiger partial charge >= 0.3 is 0 Å². The average Bonchev–Trinajstić information content (AvgIpc) is 2.02. The predicted octanol–water partition coefficient (Wildman–Crippen LogP) is 1.68. The molecule has 0 fully saturated rings. The van der Waals surface area contributed by atoms with Crippen molar-refractivity contribution in [3.63, 3.8) is 0 Å². The lowest BCUT2D eigenvalue weighted by Crippen LogP contribution is -2.37. The van der Waals surface area contributed by atoms with Crippen molar-refractivity contribution in [2.45, 2.75) is 40.0 Å². The van der Waals surface area contributed by atoms with Gasteiger partial charge in [-0.1, -0.05) is 11.6 Å². The molecule has 1 atom stereocenters. The molecule has 0 spiro atoms. The molecule has 2 N–H and O–H groups in total. The fourth-order valence-electron chi connectivity index (χ4n) is 1.06. The third kappa shape index (κ3) is 5.80. The molecule has 0 rings (SSSR count). The van der Waals surface area contributed by atoms with E-state index in [1.807, 2.05) is 33.8 Å². The van der Waals surface area contributed by atoms with Gasteiger partial charge < -0.3 is 15.2 Å². The predicted molar refractivity (Wildman–Crippen MR) is 54.4 cm³/mol. The highest BCUT2D eigenvalue weighted by atomic mass is 16.7. The zero-order valence-corrected chi connectivity index (χ0v) is 9.04. The molecule has 0 radical (unpaired) electrons. The molecule has 0 bridgehead atoms. The minimum absolute atomic E-state index is 0.176. The second-order valence-corrected chi connectivity index (χ2v) is 3.10. The van der Waals surface area contributed by atoms with E-state index >= 15 is 0 Å². The normalized spacial score (nSPS) is 13.1. The first-order valence-electron chi connectivity index (χ1n) is 4.75. The Labute approximate surface area is 80.9 Å². The Morgan fingerprint density at radius 1 is 1.23 bits per heavy atom. The van der Waals surface area contributed by atoms with Gasteiger partial charge in [-0.15, -0.1) is 0 Å². The Kier molecular flexibility index (Phi) is 6.86. The van der Waals surface area contributed by atoms with Crippen LogP contribution in [0.5, 0.6) is 0 Å². The zero-order valence-electron chi connectivity index (χ0n) is 9.04. The maximum Gasteiger partial charge on any atom is 0.176 e. The van der Waals surface area contributed by atoms with Gasteiger partial charge in [-0.2, -0.15) is 0 Å². The second kappa shape index (κ2) is 7.06. The van der Waals surface area contributed by atoms with Crippen LogP contribution < -0.4 is 5.73 Å². The number of allylic oxidation sites excluding steroid dienone is 1. The van der Waals surface area contributed by atoms with Gasteiger partial charge in [0.05, 0.1) is 6.04 Å². The summed E-state index contributed by atoms with van der Waals surface area (Å²) in [6.07, 6.45) is 1.64. The van der Waals surface area contributed by atoms with Crippen LogP contribution in [0.4, 0.5) is 0 Å². The second-order valence-electron chi connectivity index (χ2n) is 3.10. The summed E-state index contributed by atoms with van der Waals surface area (Å²) in [7, 11) is 0. The molecule has 1 unspecified atom stereocenters. The molecule has 0 saturated carbocycles. The fourth-order valence-corrected chi connectivity index (χ4v) is 1.06. The summed E-state index contributed by atoms with van der Waals surface area (Å²) in [5.74, 6) is 0. The summed E-state index contributed by atoms with van der Waals surface area (Å²) in [5, 5.41) is 0. The van der Waals surface area contributed by atoms with Crippen LogP contribution in [-0.2, 0) is 9.47 Å². The molecule has 0 aromatic heterocycles. The SMILES string of the molecule is CCOC(OCC)C(N)C=C(C)C. The van der Waals surface area contributed by atoms with E-state index in [-0.39, 0.29) is 12.3 Å². The van der Waals surface area contributed by atoms with Gasteiger partial charge in [-0.25, -0.2) is 0 Å². The highest BCUT2D eigenvalue weighted by Crippen LogP contribution is 2.03. The van der Waals surface area contributed by atoms with E-state index in [0.717, 1.165) is 0 Å². The fraction of sp³-hybridized carbons (Fsp3) is 0.800. The van der Waals surface area contributed by atoms with Crippen LogP contribution in [0.3, 0.4) is 0 Å². The van der Waals surface area contributed by atoms with E-state index in [0.29, 0.717) is 13.2 Å². The summed E-state index contributed by atoms with van der Waals surface area (Å²) in [4.78, 5) is 0. The van der Waals surface area contributed by atoms with Crippen molar-refractivity contribution in [2.75, 3.05) is 13.2 Å². The molecule has 0 aliphatic carbocycles. The topological polar surface area (TPSA) is 44.5 Å². The quantitative estimate of drug-likeness (QED) is 0.508. The molecule has 0 aliphatic rings. The van der Waals surface area contributed by atoms with Crippen molar-refractivity contribution in [3.05, 3.63) is 11.6 Å². The first-order chi connectivity index (χ1) is 6.11. The largest absolute Gasteiger partial charge is 0.351 e. The molecule has 0 amide bonds. The van der Waals surface area contributed by atoms with Crippen LogP contribution in [-0.4, -0.2) is 25.5 Å². The Bertz CT molecular complexity index is 147. The number of hydrogen-bond acceptors (Lipinski definition) is 3. The summed E-state index contributed by atoms with van der Waals surface area (Å²) in [6, 6.07) is -0.176. The molecule has 3 heteroatoms. The highest BCUT2D eigenvalue weighted by molar-refractivity contribution is 5.01. The van der Waals surface area contributed by atoms with E-state index in [4.69, 9.17) is 15.2 Å². The molecule has 0 aromatic carbocycles. The number of ether oxygens (including phenoxy) is 2. The van der Waals surface area contributed by atoms with Crippen LogP contribution in [0.2, 0.25) is 0 Å². The zero-order chi connectivity index (χ0) is 10.3. The van der Waals surface area contributed by atoms with Gasteiger partial charge in [-0.05, 0) is 27.7 Å². The molecule has 0 aliphatic heterocycles. The first kappa shape index (κ1) is 12.6. The highest BCUT2D eigenvalue weighted by Gasteiger charge is 2.15. The Hall–Kier alpha value is -0.380. The van der Waals surface area contributed by atoms with Gasteiger partial charge in [0, 0.05) is 13.2 Å². The minimum atomic E-state index is -0.315. The standard InChI is InChI=1S/C10H21NO2/c1-5-12-10(13-6-2)9(11)7-8(3)4/h7,9-10H,5-6,11H2,1-4H3. The van der Waals surface area contributed by atoms with Crippen LogP contribution in [0, 0.1) is 0 Å². The molecule has 3 nitrogen and oxygen atoms in total. The van der Waals surface area contributed by atoms with Crippen molar-refractivity contribution in [2.24, 2.45) is 5.73 Å². The van der Waals surface area contributed by atoms with Crippen LogP contribution >= 0.6 is 0 Å². The number of nitrogens with two attached hydrogens (primary N) is 1. The maximum atomic E-state index is 5.86. The van der Waals surface area contributed by atoms with Crippen molar-refractivity contribution in [1.82, 2.24) is 0 Å². The first-order valence-corrected chi connectivity index (χ1v) is 4.75. The smallest absolute Gasteiger partial charge is 0.176 e. The summed E-state index contributed by atoms with van der Waals surface area (Å²) in [6.45, 7) is 9.12. The Balaban J connectivity index is 4.09. The number of rotatable bonds is 6. The van der Waals surface area contributed by atoms with Gasteiger partial charge in [0.1, 0.15) is 0 Å². The lowest BCUT2D eigenvalue weighted by atomic mass is 10.2. The number of hydrogen-bond donors (Lipinski definition) is 1.